The molecule has 15 heavy (non-hydrogen) atoms. The van der Waals surface area contributed by atoms with Gasteiger partial charge in [0.1, 0.15) is 0 Å². The fourth-order valence-corrected chi connectivity index (χ4v) is 2.91. The molecule has 0 aromatic rings. The summed E-state index contributed by atoms with van der Waals surface area (Å²) in [4.78, 5) is 0. The van der Waals surface area contributed by atoms with Gasteiger partial charge in [-0.25, -0.2) is 13.1 Å². The molecule has 1 aliphatic heterocycles. The van der Waals surface area contributed by atoms with Crippen molar-refractivity contribution in [1.29, 1.82) is 0 Å². The summed E-state index contributed by atoms with van der Waals surface area (Å²) in [6, 6.07) is 0. The second-order valence-electron chi connectivity index (χ2n) is 3.70. The predicted molar refractivity (Wildman–Crippen MR) is 60.7 cm³/mol. The Balaban J connectivity index is 2.22. The minimum Gasteiger partial charge on any atom is -0.377 e. The molecule has 1 rings (SSSR count). The zero-order chi connectivity index (χ0) is 11.1. The minimum absolute atomic E-state index is 0.0459. The van der Waals surface area contributed by atoms with Crippen LogP contribution in [0.3, 0.4) is 0 Å². The Kier molecular flexibility index (Phi) is 5.89. The molecule has 0 spiro atoms. The van der Waals surface area contributed by atoms with E-state index in [9.17, 15) is 8.42 Å². The first-order valence-electron chi connectivity index (χ1n) is 5.29. The van der Waals surface area contributed by atoms with Gasteiger partial charge < -0.3 is 4.74 Å². The van der Waals surface area contributed by atoms with E-state index in [1.807, 2.05) is 0 Å². The van der Waals surface area contributed by atoms with Gasteiger partial charge in [0.25, 0.3) is 0 Å². The summed E-state index contributed by atoms with van der Waals surface area (Å²) in [5, 5.41) is 0. The molecule has 1 fully saturated rings. The molecule has 6 heteroatoms. The van der Waals surface area contributed by atoms with Gasteiger partial charge in [0.2, 0.25) is 10.0 Å². The topological polar surface area (TPSA) is 55.4 Å². The highest BCUT2D eigenvalue weighted by molar-refractivity contribution is 7.89. The van der Waals surface area contributed by atoms with Crippen molar-refractivity contribution in [2.75, 3.05) is 24.8 Å². The van der Waals surface area contributed by atoms with E-state index in [1.54, 1.807) is 0 Å². The smallest absolute Gasteiger partial charge is 0.211 e. The van der Waals surface area contributed by atoms with Gasteiger partial charge >= 0.3 is 0 Å². The van der Waals surface area contributed by atoms with Crippen molar-refractivity contribution in [3.63, 3.8) is 0 Å². The molecular formula is C9H18ClNO3S. The summed E-state index contributed by atoms with van der Waals surface area (Å²) >= 11 is 5.44. The molecule has 0 radical (unpaired) electrons. The lowest BCUT2D eigenvalue weighted by Gasteiger charge is -2.22. The highest BCUT2D eigenvalue weighted by Gasteiger charge is 2.17. The van der Waals surface area contributed by atoms with Gasteiger partial charge in [-0.3, -0.25) is 0 Å². The quantitative estimate of drug-likeness (QED) is 0.724. The van der Waals surface area contributed by atoms with Crippen LogP contribution in [0.15, 0.2) is 0 Å². The van der Waals surface area contributed by atoms with Crippen molar-refractivity contribution in [1.82, 2.24) is 4.72 Å². The second-order valence-corrected chi connectivity index (χ2v) is 6.00. The van der Waals surface area contributed by atoms with Crippen LogP contribution < -0.4 is 4.72 Å². The van der Waals surface area contributed by atoms with Gasteiger partial charge in [0.05, 0.1) is 11.9 Å². The van der Waals surface area contributed by atoms with Crippen LogP contribution in [0.5, 0.6) is 0 Å². The second kappa shape index (κ2) is 6.68. The van der Waals surface area contributed by atoms with Crippen molar-refractivity contribution in [2.24, 2.45) is 0 Å². The summed E-state index contributed by atoms with van der Waals surface area (Å²) in [7, 11) is -3.16. The summed E-state index contributed by atoms with van der Waals surface area (Å²) in [6.45, 7) is 1.14. The fraction of sp³-hybridized carbons (Fsp3) is 1.00. The van der Waals surface area contributed by atoms with Crippen LogP contribution >= 0.6 is 11.6 Å². The molecule has 1 unspecified atom stereocenters. The van der Waals surface area contributed by atoms with Gasteiger partial charge in [-0.05, 0) is 25.7 Å². The number of hydrogen-bond acceptors (Lipinski definition) is 3. The van der Waals surface area contributed by atoms with Crippen molar-refractivity contribution in [3.8, 4) is 0 Å². The van der Waals surface area contributed by atoms with E-state index < -0.39 is 10.0 Å². The van der Waals surface area contributed by atoms with Crippen molar-refractivity contribution < 1.29 is 13.2 Å². The van der Waals surface area contributed by atoms with Gasteiger partial charge in [0, 0.05) is 19.0 Å². The molecule has 1 N–H and O–H groups in total. The third kappa shape index (κ3) is 5.70. The summed E-state index contributed by atoms with van der Waals surface area (Å²) in [5.74, 6) is 0.476. The lowest BCUT2D eigenvalue weighted by molar-refractivity contribution is 0.0200. The molecule has 0 aliphatic carbocycles. The lowest BCUT2D eigenvalue weighted by Crippen LogP contribution is -2.36. The Bertz CT molecular complexity index is 263. The Morgan fingerprint density at radius 1 is 1.40 bits per heavy atom. The molecule has 1 aliphatic rings. The van der Waals surface area contributed by atoms with E-state index in [0.29, 0.717) is 18.8 Å². The first-order valence-corrected chi connectivity index (χ1v) is 7.47. The standard InChI is InChI=1S/C9H18ClNO3S/c10-5-3-7-15(12,13)11-8-9-4-1-2-6-14-9/h9,11H,1-8H2. The first kappa shape index (κ1) is 13.2. The maximum Gasteiger partial charge on any atom is 0.211 e. The van der Waals surface area contributed by atoms with E-state index in [1.165, 1.54) is 0 Å². The summed E-state index contributed by atoms with van der Waals surface area (Å²) in [5.41, 5.74) is 0. The SMILES string of the molecule is O=S(=O)(CCCCl)NCC1CCCCO1. The Morgan fingerprint density at radius 2 is 2.20 bits per heavy atom. The maximum absolute atomic E-state index is 11.4. The van der Waals surface area contributed by atoms with E-state index >= 15 is 0 Å². The molecule has 1 saturated heterocycles. The molecule has 0 saturated carbocycles. The zero-order valence-corrected chi connectivity index (χ0v) is 10.3. The van der Waals surface area contributed by atoms with Crippen LogP contribution in [-0.2, 0) is 14.8 Å². The minimum atomic E-state index is -3.16. The normalized spacial score (nSPS) is 22.9. The molecular weight excluding hydrogens is 238 g/mol. The Morgan fingerprint density at radius 3 is 2.80 bits per heavy atom. The van der Waals surface area contributed by atoms with E-state index in [4.69, 9.17) is 16.3 Å². The van der Waals surface area contributed by atoms with E-state index in [0.717, 1.165) is 25.9 Å². The fourth-order valence-electron chi connectivity index (χ4n) is 1.51. The van der Waals surface area contributed by atoms with E-state index in [2.05, 4.69) is 4.72 Å². The highest BCUT2D eigenvalue weighted by atomic mass is 35.5. The third-order valence-electron chi connectivity index (χ3n) is 2.35. The van der Waals surface area contributed by atoms with Gasteiger partial charge in [0.15, 0.2) is 0 Å². The van der Waals surface area contributed by atoms with Crippen LogP contribution in [0.4, 0.5) is 0 Å². The largest absolute Gasteiger partial charge is 0.377 e. The van der Waals surface area contributed by atoms with Crippen LogP contribution in [0.25, 0.3) is 0 Å². The number of hydrogen-bond donors (Lipinski definition) is 1. The van der Waals surface area contributed by atoms with Crippen LogP contribution in [-0.4, -0.2) is 39.3 Å². The monoisotopic (exact) mass is 255 g/mol. The molecule has 0 amide bonds. The molecule has 1 heterocycles. The van der Waals surface area contributed by atoms with Crippen molar-refractivity contribution in [2.45, 2.75) is 31.8 Å². The molecule has 0 bridgehead atoms. The molecule has 90 valence electrons. The molecule has 1 atom stereocenters. The predicted octanol–water partition coefficient (Wildman–Crippen LogP) is 1.10. The Labute approximate surface area is 96.4 Å². The Hall–Kier alpha value is 0.160. The van der Waals surface area contributed by atoms with Gasteiger partial charge in [-0.15, -0.1) is 11.6 Å². The molecule has 4 nitrogen and oxygen atoms in total. The number of ether oxygens (including phenoxy) is 1. The molecule has 0 aromatic heterocycles. The van der Waals surface area contributed by atoms with Crippen molar-refractivity contribution >= 4 is 21.6 Å². The summed E-state index contributed by atoms with van der Waals surface area (Å²) in [6.07, 6.45) is 3.67. The number of rotatable bonds is 6. The van der Waals surface area contributed by atoms with Crippen LogP contribution in [0, 0.1) is 0 Å². The number of alkyl halides is 1. The number of nitrogens with one attached hydrogen (secondary N) is 1. The highest BCUT2D eigenvalue weighted by Crippen LogP contribution is 2.11. The average molecular weight is 256 g/mol. The molecule has 0 aromatic carbocycles. The number of sulfonamides is 1. The van der Waals surface area contributed by atoms with Crippen LogP contribution in [0.1, 0.15) is 25.7 Å². The number of halogens is 1. The zero-order valence-electron chi connectivity index (χ0n) is 8.75. The first-order chi connectivity index (χ1) is 7.14. The summed E-state index contributed by atoms with van der Waals surface area (Å²) < 4.78 is 30.8. The third-order valence-corrected chi connectivity index (χ3v) is 4.05. The van der Waals surface area contributed by atoms with Crippen LogP contribution in [0.2, 0.25) is 0 Å². The lowest BCUT2D eigenvalue weighted by atomic mass is 10.1. The average Bonchev–Trinajstić information content (AvgIpc) is 2.25. The van der Waals surface area contributed by atoms with E-state index in [-0.39, 0.29) is 11.9 Å². The maximum atomic E-state index is 11.4. The van der Waals surface area contributed by atoms with Crippen molar-refractivity contribution in [3.05, 3.63) is 0 Å². The van der Waals surface area contributed by atoms with Gasteiger partial charge in [-0.1, -0.05) is 0 Å². The van der Waals surface area contributed by atoms with Gasteiger partial charge in [-0.2, -0.15) is 0 Å².